The van der Waals surface area contributed by atoms with Gasteiger partial charge in [-0.15, -0.1) is 0 Å². The number of carbonyl (C=O) groups excluding carboxylic acids is 1. The van der Waals surface area contributed by atoms with Gasteiger partial charge in [0.25, 0.3) is 0 Å². The lowest BCUT2D eigenvalue weighted by Gasteiger charge is -2.32. The summed E-state index contributed by atoms with van der Waals surface area (Å²) in [5.74, 6) is 0. The van der Waals surface area contributed by atoms with E-state index < -0.39 is 0 Å². The van der Waals surface area contributed by atoms with E-state index in [0.717, 1.165) is 30.8 Å². The summed E-state index contributed by atoms with van der Waals surface area (Å²) >= 11 is 0. The van der Waals surface area contributed by atoms with Gasteiger partial charge in [-0.2, -0.15) is 0 Å². The number of hydrogen-bond acceptors (Lipinski definition) is 1. The molecule has 1 aliphatic heterocycles. The molecule has 14 heavy (non-hydrogen) atoms. The van der Waals surface area contributed by atoms with Crippen molar-refractivity contribution in [1.82, 2.24) is 4.48 Å². The van der Waals surface area contributed by atoms with E-state index in [1.165, 1.54) is 0 Å². The average molecular weight is 188 g/mol. The number of quaternary nitrogens is 1. The van der Waals surface area contributed by atoms with Gasteiger partial charge in [-0.05, 0) is 25.1 Å². The van der Waals surface area contributed by atoms with Crippen molar-refractivity contribution in [3.05, 3.63) is 35.9 Å². The molecule has 2 nitrogen and oxygen atoms in total. The molecule has 0 aliphatic carbocycles. The third kappa shape index (κ3) is 1.19. The van der Waals surface area contributed by atoms with Crippen molar-refractivity contribution in [2.45, 2.75) is 6.92 Å². The van der Waals surface area contributed by atoms with Gasteiger partial charge in [0.1, 0.15) is 12.2 Å². The van der Waals surface area contributed by atoms with Gasteiger partial charge >= 0.3 is 6.41 Å². The average Bonchev–Trinajstić information content (AvgIpc) is 2.28. The predicted molar refractivity (Wildman–Crippen MR) is 58.7 cm³/mol. The first-order chi connectivity index (χ1) is 6.82. The molecule has 0 radical (unpaired) electrons. The second kappa shape index (κ2) is 3.39. The molecule has 0 bridgehead atoms. The van der Waals surface area contributed by atoms with E-state index in [0.29, 0.717) is 4.48 Å². The first-order valence-electron chi connectivity index (χ1n) is 4.91. The summed E-state index contributed by atoms with van der Waals surface area (Å²) in [5, 5.41) is 0. The summed E-state index contributed by atoms with van der Waals surface area (Å²) in [5.41, 5.74) is 2.28. The van der Waals surface area contributed by atoms with Crippen LogP contribution in [0.5, 0.6) is 0 Å². The molecular formula is C12H14NO+. The van der Waals surface area contributed by atoms with E-state index in [4.69, 9.17) is 0 Å². The predicted octanol–water partition coefficient (Wildman–Crippen LogP) is 2.20. The van der Waals surface area contributed by atoms with Crippen LogP contribution in [0.1, 0.15) is 12.5 Å². The Bertz CT molecular complexity index is 384. The number of para-hydroxylation sites is 1. The summed E-state index contributed by atoms with van der Waals surface area (Å²) < 4.78 is 0.423. The lowest BCUT2D eigenvalue weighted by atomic mass is 10.1. The maximum atomic E-state index is 11.2. The SMILES string of the molecule is CC[N+]1(C=O)CC=Cc2ccccc21. The van der Waals surface area contributed by atoms with Gasteiger partial charge in [0, 0.05) is 11.6 Å². The number of rotatable bonds is 2. The highest BCUT2D eigenvalue weighted by atomic mass is 16.1. The highest BCUT2D eigenvalue weighted by molar-refractivity contribution is 5.79. The van der Waals surface area contributed by atoms with Gasteiger partial charge < -0.3 is 0 Å². The molecule has 2 rings (SSSR count). The molecule has 0 saturated heterocycles. The molecular weight excluding hydrogens is 174 g/mol. The fraction of sp³-hybridized carbons (Fsp3) is 0.250. The molecule has 1 aromatic rings. The minimum atomic E-state index is 0.423. The zero-order valence-electron chi connectivity index (χ0n) is 8.31. The molecule has 0 spiro atoms. The van der Waals surface area contributed by atoms with Crippen LogP contribution in [0.25, 0.3) is 6.08 Å². The van der Waals surface area contributed by atoms with Crippen LogP contribution in [-0.2, 0) is 4.79 Å². The van der Waals surface area contributed by atoms with E-state index >= 15 is 0 Å². The second-order valence-corrected chi connectivity index (χ2v) is 3.60. The number of amides is 1. The minimum Gasteiger partial charge on any atom is -0.233 e. The molecule has 1 heterocycles. The lowest BCUT2D eigenvalue weighted by Crippen LogP contribution is -2.49. The van der Waals surface area contributed by atoms with E-state index in [-0.39, 0.29) is 0 Å². The molecule has 1 atom stereocenters. The van der Waals surface area contributed by atoms with Gasteiger partial charge in [-0.25, -0.2) is 9.28 Å². The molecule has 72 valence electrons. The highest BCUT2D eigenvalue weighted by Crippen LogP contribution is 2.30. The standard InChI is InChI=1S/C12H14NO/c1-2-13(10-14)9-5-7-11-6-3-4-8-12(11)13/h3-8,10H,2,9H2,1H3/q+1. The molecule has 1 aromatic carbocycles. The maximum absolute atomic E-state index is 11.2. The van der Waals surface area contributed by atoms with Gasteiger partial charge in [-0.1, -0.05) is 12.1 Å². The van der Waals surface area contributed by atoms with Crippen molar-refractivity contribution in [2.24, 2.45) is 0 Å². The Balaban J connectivity index is 2.60. The fourth-order valence-corrected chi connectivity index (χ4v) is 1.97. The van der Waals surface area contributed by atoms with Crippen molar-refractivity contribution in [2.75, 3.05) is 13.1 Å². The summed E-state index contributed by atoms with van der Waals surface area (Å²) in [7, 11) is 0. The van der Waals surface area contributed by atoms with Gasteiger partial charge in [0.15, 0.2) is 0 Å². The van der Waals surface area contributed by atoms with Crippen LogP contribution in [0.4, 0.5) is 5.69 Å². The van der Waals surface area contributed by atoms with Crippen molar-refractivity contribution in [1.29, 1.82) is 0 Å². The first-order valence-corrected chi connectivity index (χ1v) is 4.91. The molecule has 0 fully saturated rings. The first kappa shape index (κ1) is 9.16. The Morgan fingerprint density at radius 1 is 1.43 bits per heavy atom. The Kier molecular flexibility index (Phi) is 2.22. The molecule has 0 aromatic heterocycles. The van der Waals surface area contributed by atoms with Crippen LogP contribution >= 0.6 is 0 Å². The molecule has 1 aliphatic rings. The van der Waals surface area contributed by atoms with Crippen LogP contribution < -0.4 is 4.48 Å². The minimum absolute atomic E-state index is 0.423. The number of hydrogen-bond donors (Lipinski definition) is 0. The van der Waals surface area contributed by atoms with Crippen LogP contribution in [0.15, 0.2) is 30.3 Å². The third-order valence-corrected chi connectivity index (χ3v) is 2.91. The van der Waals surface area contributed by atoms with Crippen molar-refractivity contribution >= 4 is 18.2 Å². The largest absolute Gasteiger partial charge is 0.306 e. The quantitative estimate of drug-likeness (QED) is 0.513. The Morgan fingerprint density at radius 2 is 2.21 bits per heavy atom. The smallest absolute Gasteiger partial charge is 0.233 e. The van der Waals surface area contributed by atoms with E-state index in [1.54, 1.807) is 0 Å². The number of benzene rings is 1. The Morgan fingerprint density at radius 3 is 2.93 bits per heavy atom. The molecule has 0 N–H and O–H groups in total. The molecule has 0 saturated carbocycles. The Hall–Kier alpha value is -1.41. The topological polar surface area (TPSA) is 17.1 Å². The lowest BCUT2D eigenvalue weighted by molar-refractivity contribution is -0.117. The Labute approximate surface area is 84.1 Å². The van der Waals surface area contributed by atoms with Crippen LogP contribution in [0, 0.1) is 0 Å². The zero-order valence-corrected chi connectivity index (χ0v) is 8.31. The molecule has 1 unspecified atom stereocenters. The van der Waals surface area contributed by atoms with E-state index in [9.17, 15) is 4.79 Å². The van der Waals surface area contributed by atoms with Crippen LogP contribution in [0.2, 0.25) is 0 Å². The number of fused-ring (bicyclic) bond motifs is 1. The summed E-state index contributed by atoms with van der Waals surface area (Å²) in [6.07, 6.45) is 5.20. The maximum Gasteiger partial charge on any atom is 0.306 e. The highest BCUT2D eigenvalue weighted by Gasteiger charge is 2.31. The van der Waals surface area contributed by atoms with Gasteiger partial charge in [0.05, 0.1) is 6.54 Å². The van der Waals surface area contributed by atoms with Gasteiger partial charge in [-0.3, -0.25) is 0 Å². The summed E-state index contributed by atoms with van der Waals surface area (Å²) in [4.78, 5) is 11.2. The second-order valence-electron chi connectivity index (χ2n) is 3.60. The summed E-state index contributed by atoms with van der Waals surface area (Å²) in [6.45, 7) is 3.63. The number of carbonyl (C=O) groups is 1. The number of nitrogens with zero attached hydrogens (tertiary/aromatic N) is 1. The monoisotopic (exact) mass is 188 g/mol. The zero-order chi connectivity index (χ0) is 10.0. The number of likely N-dealkylation sites (N-methyl/N-ethyl adjacent to an activating group) is 1. The third-order valence-electron chi connectivity index (χ3n) is 2.91. The molecule has 1 amide bonds. The van der Waals surface area contributed by atoms with E-state index in [2.05, 4.69) is 18.2 Å². The van der Waals surface area contributed by atoms with Crippen molar-refractivity contribution in [3.8, 4) is 0 Å². The fourth-order valence-electron chi connectivity index (χ4n) is 1.97. The molecule has 2 heteroatoms. The summed E-state index contributed by atoms with van der Waals surface area (Å²) in [6, 6.07) is 8.08. The van der Waals surface area contributed by atoms with Crippen LogP contribution in [-0.4, -0.2) is 19.5 Å². The van der Waals surface area contributed by atoms with Crippen molar-refractivity contribution < 1.29 is 4.79 Å². The van der Waals surface area contributed by atoms with Crippen molar-refractivity contribution in [3.63, 3.8) is 0 Å². The van der Waals surface area contributed by atoms with Gasteiger partial charge in [0.2, 0.25) is 0 Å². The normalized spacial score (nSPS) is 24.4. The van der Waals surface area contributed by atoms with E-state index in [1.807, 2.05) is 25.1 Å². The van der Waals surface area contributed by atoms with Crippen LogP contribution in [0.3, 0.4) is 0 Å².